The van der Waals surface area contributed by atoms with Crippen LogP contribution in [0.15, 0.2) is 24.3 Å². The zero-order chi connectivity index (χ0) is 13.7. The van der Waals surface area contributed by atoms with E-state index in [4.69, 9.17) is 16.3 Å². The summed E-state index contributed by atoms with van der Waals surface area (Å²) in [5.41, 5.74) is 0.408. The molecule has 0 aliphatic heterocycles. The van der Waals surface area contributed by atoms with E-state index in [-0.39, 0.29) is 5.91 Å². The molecule has 19 heavy (non-hydrogen) atoms. The fourth-order valence-corrected chi connectivity index (χ4v) is 2.26. The van der Waals surface area contributed by atoms with E-state index in [2.05, 4.69) is 15.5 Å². The minimum absolute atomic E-state index is 0.301. The van der Waals surface area contributed by atoms with Gasteiger partial charge < -0.3 is 4.74 Å². The van der Waals surface area contributed by atoms with Crippen molar-refractivity contribution >= 4 is 34.0 Å². The van der Waals surface area contributed by atoms with E-state index in [1.54, 1.807) is 24.3 Å². The molecule has 7 heteroatoms. The van der Waals surface area contributed by atoms with E-state index >= 15 is 0 Å². The number of hydrogen-bond donors (Lipinski definition) is 1. The maximum atomic E-state index is 12.0. The number of halogens is 1. The third-order valence-electron chi connectivity index (χ3n) is 2.24. The highest BCUT2D eigenvalue weighted by atomic mass is 35.5. The number of nitrogens with zero attached hydrogens (tertiary/aromatic N) is 2. The summed E-state index contributed by atoms with van der Waals surface area (Å²) >= 11 is 7.23. The van der Waals surface area contributed by atoms with Gasteiger partial charge in [-0.15, -0.1) is 10.2 Å². The third-order valence-corrected chi connectivity index (χ3v) is 3.38. The van der Waals surface area contributed by atoms with Gasteiger partial charge in [0.2, 0.25) is 5.13 Å². The fourth-order valence-electron chi connectivity index (χ4n) is 1.36. The quantitative estimate of drug-likeness (QED) is 0.921. The Labute approximate surface area is 119 Å². The zero-order valence-corrected chi connectivity index (χ0v) is 11.8. The molecular weight excluding hydrogens is 286 g/mol. The molecule has 0 spiro atoms. The second-order valence-corrected chi connectivity index (χ2v) is 5.04. The first-order valence-corrected chi connectivity index (χ1v) is 6.86. The lowest BCUT2D eigenvalue weighted by molar-refractivity contribution is 0.102. The first-order valence-electron chi connectivity index (χ1n) is 5.66. The van der Waals surface area contributed by atoms with Gasteiger partial charge in [-0.05, 0) is 19.1 Å². The van der Waals surface area contributed by atoms with Crippen molar-refractivity contribution in [1.29, 1.82) is 0 Å². The van der Waals surface area contributed by atoms with Gasteiger partial charge in [-0.25, -0.2) is 0 Å². The Morgan fingerprint density at radius 1 is 1.42 bits per heavy atom. The van der Waals surface area contributed by atoms with Gasteiger partial charge in [0.15, 0.2) is 0 Å². The number of carbonyl (C=O) groups excluding carboxylic acids is 1. The highest BCUT2D eigenvalue weighted by Gasteiger charge is 2.12. The van der Waals surface area contributed by atoms with Gasteiger partial charge in [-0.3, -0.25) is 10.1 Å². The number of nitrogens with one attached hydrogen (secondary N) is 1. The molecule has 1 aromatic carbocycles. The van der Waals surface area contributed by atoms with E-state index in [0.29, 0.717) is 28.9 Å². The standard InChI is InChI=1S/C12H12ClN3O2S/c1-2-18-7-10-15-16-12(19-10)14-11(17)8-5-3-4-6-9(8)13/h3-6H,2,7H2,1H3,(H,14,16,17). The van der Waals surface area contributed by atoms with Crippen LogP contribution in [-0.4, -0.2) is 22.7 Å². The normalized spacial score (nSPS) is 10.4. The van der Waals surface area contributed by atoms with Crippen LogP contribution >= 0.6 is 22.9 Å². The largest absolute Gasteiger partial charge is 0.374 e. The molecule has 0 radical (unpaired) electrons. The van der Waals surface area contributed by atoms with Gasteiger partial charge in [0.05, 0.1) is 10.6 Å². The Kier molecular flexibility index (Phi) is 4.84. The van der Waals surface area contributed by atoms with Gasteiger partial charge in [0, 0.05) is 6.61 Å². The Morgan fingerprint density at radius 2 is 2.21 bits per heavy atom. The molecule has 0 saturated carbocycles. The molecule has 0 aliphatic rings. The highest BCUT2D eigenvalue weighted by molar-refractivity contribution is 7.15. The zero-order valence-electron chi connectivity index (χ0n) is 10.2. The number of ether oxygens (including phenoxy) is 1. The summed E-state index contributed by atoms with van der Waals surface area (Å²) in [5.74, 6) is -0.301. The van der Waals surface area contributed by atoms with Crippen LogP contribution in [0.5, 0.6) is 0 Å². The van der Waals surface area contributed by atoms with Crippen molar-refractivity contribution < 1.29 is 9.53 Å². The fraction of sp³-hybridized carbons (Fsp3) is 0.250. The van der Waals surface area contributed by atoms with Crippen LogP contribution in [0.25, 0.3) is 0 Å². The van der Waals surface area contributed by atoms with E-state index in [1.807, 2.05) is 6.92 Å². The molecule has 0 saturated heterocycles. The lowest BCUT2D eigenvalue weighted by Crippen LogP contribution is -2.12. The van der Waals surface area contributed by atoms with Crippen LogP contribution in [-0.2, 0) is 11.3 Å². The summed E-state index contributed by atoms with van der Waals surface area (Å²) in [4.78, 5) is 12.0. The van der Waals surface area contributed by atoms with Crippen molar-refractivity contribution in [2.75, 3.05) is 11.9 Å². The van der Waals surface area contributed by atoms with Crippen LogP contribution in [0, 0.1) is 0 Å². The minimum atomic E-state index is -0.301. The second-order valence-electron chi connectivity index (χ2n) is 3.57. The molecule has 0 unspecified atom stereocenters. The summed E-state index contributed by atoms with van der Waals surface area (Å²) in [6.07, 6.45) is 0. The average molecular weight is 298 g/mol. The molecule has 1 aromatic heterocycles. The Bertz CT molecular complexity index is 574. The van der Waals surface area contributed by atoms with Crippen LogP contribution in [0.4, 0.5) is 5.13 Å². The first kappa shape index (κ1) is 13.9. The van der Waals surface area contributed by atoms with Crippen LogP contribution in [0.1, 0.15) is 22.3 Å². The van der Waals surface area contributed by atoms with Gasteiger partial charge in [-0.2, -0.15) is 0 Å². The molecule has 0 bridgehead atoms. The number of rotatable bonds is 5. The molecule has 0 atom stereocenters. The van der Waals surface area contributed by atoms with Crippen molar-refractivity contribution in [2.24, 2.45) is 0 Å². The molecule has 5 nitrogen and oxygen atoms in total. The van der Waals surface area contributed by atoms with Crippen molar-refractivity contribution in [3.8, 4) is 0 Å². The van der Waals surface area contributed by atoms with E-state index < -0.39 is 0 Å². The summed E-state index contributed by atoms with van der Waals surface area (Å²) in [5, 5.41) is 12.0. The summed E-state index contributed by atoms with van der Waals surface area (Å²) < 4.78 is 5.22. The van der Waals surface area contributed by atoms with Crippen molar-refractivity contribution in [3.05, 3.63) is 39.9 Å². The van der Waals surface area contributed by atoms with E-state index in [1.165, 1.54) is 11.3 Å². The molecule has 2 rings (SSSR count). The van der Waals surface area contributed by atoms with E-state index in [0.717, 1.165) is 5.01 Å². The van der Waals surface area contributed by atoms with Crippen molar-refractivity contribution in [3.63, 3.8) is 0 Å². The first-order chi connectivity index (χ1) is 9.20. The molecule has 100 valence electrons. The molecule has 0 fully saturated rings. The van der Waals surface area contributed by atoms with Crippen LogP contribution in [0.3, 0.4) is 0 Å². The Hall–Kier alpha value is -1.50. The smallest absolute Gasteiger partial charge is 0.259 e. The molecule has 1 amide bonds. The predicted molar refractivity (Wildman–Crippen MR) is 74.6 cm³/mol. The lowest BCUT2D eigenvalue weighted by Gasteiger charge is -2.02. The molecule has 0 aliphatic carbocycles. The van der Waals surface area contributed by atoms with E-state index in [9.17, 15) is 4.79 Å². The number of hydrogen-bond acceptors (Lipinski definition) is 5. The van der Waals surface area contributed by atoms with Crippen molar-refractivity contribution in [1.82, 2.24) is 10.2 Å². The number of benzene rings is 1. The van der Waals surface area contributed by atoms with Gasteiger partial charge in [0.1, 0.15) is 11.6 Å². The Balaban J connectivity index is 2.03. The predicted octanol–water partition coefficient (Wildman–Crippen LogP) is 2.98. The van der Waals surface area contributed by atoms with Crippen LogP contribution < -0.4 is 5.32 Å². The second kappa shape index (κ2) is 6.60. The lowest BCUT2D eigenvalue weighted by atomic mass is 10.2. The average Bonchev–Trinajstić information content (AvgIpc) is 2.84. The van der Waals surface area contributed by atoms with Crippen LogP contribution in [0.2, 0.25) is 5.02 Å². The molecular formula is C12H12ClN3O2S. The monoisotopic (exact) mass is 297 g/mol. The summed E-state index contributed by atoms with van der Waals surface area (Å²) in [7, 11) is 0. The van der Waals surface area contributed by atoms with Crippen molar-refractivity contribution in [2.45, 2.75) is 13.5 Å². The maximum absolute atomic E-state index is 12.0. The Morgan fingerprint density at radius 3 is 2.95 bits per heavy atom. The number of amides is 1. The minimum Gasteiger partial charge on any atom is -0.374 e. The number of carbonyl (C=O) groups is 1. The van der Waals surface area contributed by atoms with Gasteiger partial charge >= 0.3 is 0 Å². The number of aromatic nitrogens is 2. The maximum Gasteiger partial charge on any atom is 0.259 e. The molecule has 1 heterocycles. The molecule has 1 N–H and O–H groups in total. The SMILES string of the molecule is CCOCc1nnc(NC(=O)c2ccccc2Cl)s1. The summed E-state index contributed by atoms with van der Waals surface area (Å²) in [6.45, 7) is 2.91. The highest BCUT2D eigenvalue weighted by Crippen LogP contribution is 2.19. The topological polar surface area (TPSA) is 64.1 Å². The number of anilines is 1. The third kappa shape index (κ3) is 3.73. The van der Waals surface area contributed by atoms with Gasteiger partial charge in [0.25, 0.3) is 5.91 Å². The van der Waals surface area contributed by atoms with Gasteiger partial charge in [-0.1, -0.05) is 35.1 Å². The molecule has 2 aromatic rings. The summed E-state index contributed by atoms with van der Waals surface area (Å²) in [6, 6.07) is 6.84.